The first-order valence-corrected chi connectivity index (χ1v) is 5.32. The van der Waals surface area contributed by atoms with Crippen molar-refractivity contribution in [2.45, 2.75) is 25.8 Å². The van der Waals surface area contributed by atoms with E-state index in [1.54, 1.807) is 6.33 Å². The van der Waals surface area contributed by atoms with Crippen molar-refractivity contribution in [1.82, 2.24) is 14.9 Å². The Morgan fingerprint density at radius 1 is 1.57 bits per heavy atom. The highest BCUT2D eigenvalue weighted by atomic mass is 15.1. The maximum Gasteiger partial charge on any atom is 0.141 e. The average molecular weight is 194 g/mol. The van der Waals surface area contributed by atoms with E-state index in [0.29, 0.717) is 5.82 Å². The summed E-state index contributed by atoms with van der Waals surface area (Å²) in [5.41, 5.74) is 5.51. The zero-order valence-corrected chi connectivity index (χ0v) is 8.45. The van der Waals surface area contributed by atoms with Crippen LogP contribution in [0.1, 0.15) is 19.3 Å². The quantitative estimate of drug-likeness (QED) is 0.660. The number of rotatable bonds is 6. The van der Waals surface area contributed by atoms with Crippen molar-refractivity contribution in [3.05, 3.63) is 12.5 Å². The molecule has 1 heterocycles. The van der Waals surface area contributed by atoms with Crippen molar-refractivity contribution in [2.75, 3.05) is 18.8 Å². The lowest BCUT2D eigenvalue weighted by Crippen LogP contribution is -2.19. The van der Waals surface area contributed by atoms with Gasteiger partial charge in [0.05, 0.1) is 6.33 Å². The summed E-state index contributed by atoms with van der Waals surface area (Å²) < 4.78 is 2.04. The number of aryl methyl sites for hydroxylation is 1. The third-order valence-electron chi connectivity index (χ3n) is 2.55. The van der Waals surface area contributed by atoms with E-state index in [4.69, 9.17) is 5.73 Å². The van der Waals surface area contributed by atoms with Gasteiger partial charge in [-0.15, -0.1) is 0 Å². The molecule has 1 fully saturated rings. The van der Waals surface area contributed by atoms with E-state index < -0.39 is 0 Å². The molecule has 0 amide bonds. The number of nitrogen functional groups attached to an aromatic ring is 1. The van der Waals surface area contributed by atoms with E-state index in [-0.39, 0.29) is 0 Å². The molecule has 0 radical (unpaired) electrons. The van der Waals surface area contributed by atoms with E-state index in [1.807, 2.05) is 10.8 Å². The Kier molecular flexibility index (Phi) is 3.03. The highest BCUT2D eigenvalue weighted by Gasteiger charge is 2.19. The Hall–Kier alpha value is -1.03. The maximum absolute atomic E-state index is 5.51. The molecule has 1 aliphatic carbocycles. The van der Waals surface area contributed by atoms with Crippen LogP contribution in [0, 0.1) is 5.92 Å². The van der Waals surface area contributed by atoms with Crippen LogP contribution in [0.25, 0.3) is 0 Å². The molecule has 2 rings (SSSR count). The van der Waals surface area contributed by atoms with Gasteiger partial charge in [0, 0.05) is 12.7 Å². The van der Waals surface area contributed by atoms with Gasteiger partial charge in [-0.1, -0.05) is 0 Å². The van der Waals surface area contributed by atoms with E-state index in [2.05, 4.69) is 10.3 Å². The van der Waals surface area contributed by atoms with Gasteiger partial charge in [0.15, 0.2) is 0 Å². The smallest absolute Gasteiger partial charge is 0.141 e. The fourth-order valence-electron chi connectivity index (χ4n) is 1.51. The Morgan fingerprint density at radius 2 is 2.43 bits per heavy atom. The van der Waals surface area contributed by atoms with E-state index in [0.717, 1.165) is 25.4 Å². The molecule has 1 aliphatic rings. The number of nitrogens with zero attached hydrogens (tertiary/aromatic N) is 2. The highest BCUT2D eigenvalue weighted by Crippen LogP contribution is 2.27. The molecule has 0 unspecified atom stereocenters. The molecule has 0 bridgehead atoms. The first-order valence-electron chi connectivity index (χ1n) is 5.32. The Labute approximate surface area is 84.5 Å². The lowest BCUT2D eigenvalue weighted by molar-refractivity contribution is 0.565. The number of anilines is 1. The fourth-order valence-corrected chi connectivity index (χ4v) is 1.51. The number of imidazole rings is 1. The predicted octanol–water partition coefficient (Wildman–Crippen LogP) is 0.855. The van der Waals surface area contributed by atoms with Gasteiger partial charge in [0.2, 0.25) is 0 Å². The molecule has 1 aromatic heterocycles. The van der Waals surface area contributed by atoms with E-state index in [9.17, 15) is 0 Å². The summed E-state index contributed by atoms with van der Waals surface area (Å²) in [6.07, 6.45) is 7.65. The van der Waals surface area contributed by atoms with Crippen LogP contribution in [0.5, 0.6) is 0 Å². The number of aromatic nitrogens is 2. The molecule has 4 nitrogen and oxygen atoms in total. The molecule has 0 atom stereocenters. The molecule has 1 saturated carbocycles. The minimum Gasteiger partial charge on any atom is -0.382 e. The van der Waals surface area contributed by atoms with Crippen molar-refractivity contribution in [3.63, 3.8) is 0 Å². The first-order chi connectivity index (χ1) is 6.84. The van der Waals surface area contributed by atoms with Gasteiger partial charge in [-0.05, 0) is 38.3 Å². The Balaban J connectivity index is 1.53. The number of hydrogen-bond acceptors (Lipinski definition) is 3. The third kappa shape index (κ3) is 3.03. The Bertz CT molecular complexity index is 277. The molecular formula is C10H18N4. The largest absolute Gasteiger partial charge is 0.382 e. The molecule has 4 heteroatoms. The van der Waals surface area contributed by atoms with Crippen molar-refractivity contribution in [2.24, 2.45) is 5.92 Å². The van der Waals surface area contributed by atoms with Crippen LogP contribution in [0.2, 0.25) is 0 Å². The average Bonchev–Trinajstić information content (AvgIpc) is 2.89. The normalized spacial score (nSPS) is 16.0. The van der Waals surface area contributed by atoms with Crippen molar-refractivity contribution >= 4 is 5.82 Å². The molecule has 78 valence electrons. The third-order valence-corrected chi connectivity index (χ3v) is 2.55. The van der Waals surface area contributed by atoms with Crippen molar-refractivity contribution in [1.29, 1.82) is 0 Å². The lowest BCUT2D eigenvalue weighted by Gasteiger charge is -2.03. The standard InChI is InChI=1S/C10H18N4/c11-10-7-14(8-13-10)5-1-4-12-6-9-2-3-9/h7-9,12H,1-6,11H2. The topological polar surface area (TPSA) is 55.9 Å². The number of hydrogen-bond donors (Lipinski definition) is 2. The summed E-state index contributed by atoms with van der Waals surface area (Å²) in [4.78, 5) is 3.97. The molecule has 0 saturated heterocycles. The molecular weight excluding hydrogens is 176 g/mol. The summed E-state index contributed by atoms with van der Waals surface area (Å²) >= 11 is 0. The second-order valence-electron chi connectivity index (χ2n) is 4.04. The summed E-state index contributed by atoms with van der Waals surface area (Å²) in [6.45, 7) is 3.29. The number of nitrogens with two attached hydrogens (primary N) is 1. The van der Waals surface area contributed by atoms with Crippen molar-refractivity contribution < 1.29 is 0 Å². The SMILES string of the molecule is Nc1cn(CCCNCC2CC2)cn1. The van der Waals surface area contributed by atoms with Gasteiger partial charge in [-0.3, -0.25) is 0 Å². The monoisotopic (exact) mass is 194 g/mol. The number of nitrogens with one attached hydrogen (secondary N) is 1. The van der Waals surface area contributed by atoms with Crippen LogP contribution in [0.4, 0.5) is 5.82 Å². The van der Waals surface area contributed by atoms with Crippen LogP contribution in [0.3, 0.4) is 0 Å². The van der Waals surface area contributed by atoms with Crippen molar-refractivity contribution in [3.8, 4) is 0 Å². The summed E-state index contributed by atoms with van der Waals surface area (Å²) in [7, 11) is 0. The van der Waals surface area contributed by atoms with Gasteiger partial charge in [-0.25, -0.2) is 4.98 Å². The van der Waals surface area contributed by atoms with Crippen LogP contribution in [0.15, 0.2) is 12.5 Å². The molecule has 1 aromatic rings. The first kappa shape index (κ1) is 9.52. The van der Waals surface area contributed by atoms with Gasteiger partial charge in [0.25, 0.3) is 0 Å². The van der Waals surface area contributed by atoms with Crippen LogP contribution >= 0.6 is 0 Å². The highest BCUT2D eigenvalue weighted by molar-refractivity contribution is 5.22. The summed E-state index contributed by atoms with van der Waals surface area (Å²) in [5.74, 6) is 1.58. The Morgan fingerprint density at radius 3 is 3.07 bits per heavy atom. The zero-order valence-electron chi connectivity index (χ0n) is 8.45. The van der Waals surface area contributed by atoms with Gasteiger partial charge in [0.1, 0.15) is 5.82 Å². The van der Waals surface area contributed by atoms with Crippen LogP contribution in [-0.2, 0) is 6.54 Å². The molecule has 14 heavy (non-hydrogen) atoms. The maximum atomic E-state index is 5.51. The summed E-state index contributed by atoms with van der Waals surface area (Å²) in [6, 6.07) is 0. The lowest BCUT2D eigenvalue weighted by atomic mass is 10.4. The zero-order chi connectivity index (χ0) is 9.80. The predicted molar refractivity (Wildman–Crippen MR) is 56.9 cm³/mol. The molecule has 0 aromatic carbocycles. The van der Waals surface area contributed by atoms with Gasteiger partial charge in [-0.2, -0.15) is 0 Å². The van der Waals surface area contributed by atoms with E-state index >= 15 is 0 Å². The van der Waals surface area contributed by atoms with Crippen LogP contribution < -0.4 is 11.1 Å². The minimum atomic E-state index is 0.607. The molecule has 0 spiro atoms. The minimum absolute atomic E-state index is 0.607. The second-order valence-corrected chi connectivity index (χ2v) is 4.04. The second kappa shape index (κ2) is 4.46. The van der Waals surface area contributed by atoms with E-state index in [1.165, 1.54) is 19.4 Å². The molecule has 0 aliphatic heterocycles. The fraction of sp³-hybridized carbons (Fsp3) is 0.700. The van der Waals surface area contributed by atoms with Gasteiger partial charge < -0.3 is 15.6 Å². The summed E-state index contributed by atoms with van der Waals surface area (Å²) in [5, 5.41) is 3.46. The van der Waals surface area contributed by atoms with Gasteiger partial charge >= 0.3 is 0 Å². The molecule has 3 N–H and O–H groups in total. The van der Waals surface area contributed by atoms with Crippen LogP contribution in [-0.4, -0.2) is 22.6 Å².